The molecule has 15 nitrogen and oxygen atoms in total. The number of aliphatic carboxylic acids is 1. The van der Waals surface area contributed by atoms with Crippen molar-refractivity contribution in [3.63, 3.8) is 0 Å². The molecule has 6 fully saturated rings. The van der Waals surface area contributed by atoms with Crippen molar-refractivity contribution in [2.75, 3.05) is 13.7 Å². The average Bonchev–Trinajstić information content (AvgIpc) is 3.18. The standard InChI is InChI=1S/C43H66O15/c1-38(2)14-16-43(37(52)53)17-15-41(5)21(22(43)18-38)8-9-25-39(3)12-11-26(40(4,20-45)24(39)10-13-42(25,41)6)56-36-33(30(49)29(48)32(57-36)34(51)54-7)58-35-31(50)28(47)27(46)23(19-44)55-35/h8,20,22-33,35-36,44,46-50H,9-19H2,1-7H3,(H,52,53)/t22-,23+,24+,25+,26-,27-,28-,29-,30-,31+,32-,33+,35-,36+,39-,40-,41+,42+,43-/m0/s1. The fraction of sp³-hybridized carbons (Fsp3) is 0.884. The van der Waals surface area contributed by atoms with Gasteiger partial charge in [0.05, 0.1) is 30.7 Å². The van der Waals surface area contributed by atoms with E-state index in [2.05, 4.69) is 40.7 Å². The number of aliphatic hydroxyl groups excluding tert-OH is 6. The van der Waals surface area contributed by atoms with E-state index in [0.29, 0.717) is 32.1 Å². The Kier molecular flexibility index (Phi) is 11.5. The zero-order valence-electron chi connectivity index (χ0n) is 34.9. The lowest BCUT2D eigenvalue weighted by Crippen LogP contribution is -2.67. The lowest BCUT2D eigenvalue weighted by molar-refractivity contribution is -0.373. The number of hydrogen-bond donors (Lipinski definition) is 7. The number of carboxylic acid groups (broad SMARTS) is 1. The summed E-state index contributed by atoms with van der Waals surface area (Å²) in [5, 5.41) is 74.4. The van der Waals surface area contributed by atoms with Gasteiger partial charge in [-0.1, -0.05) is 53.2 Å². The Balaban J connectivity index is 1.18. The van der Waals surface area contributed by atoms with Crippen molar-refractivity contribution in [1.82, 2.24) is 0 Å². The first-order valence-electron chi connectivity index (χ1n) is 21.2. The normalized spacial score (nSPS) is 52.5. The van der Waals surface area contributed by atoms with Crippen LogP contribution in [0.25, 0.3) is 0 Å². The van der Waals surface area contributed by atoms with Gasteiger partial charge in [0.2, 0.25) is 0 Å². The van der Waals surface area contributed by atoms with Gasteiger partial charge in [-0.25, -0.2) is 4.79 Å². The largest absolute Gasteiger partial charge is 0.481 e. The lowest BCUT2D eigenvalue weighted by Gasteiger charge is -2.71. The van der Waals surface area contributed by atoms with Crippen LogP contribution in [0.15, 0.2) is 11.6 Å². The maximum atomic E-state index is 13.6. The van der Waals surface area contributed by atoms with E-state index in [0.717, 1.165) is 45.5 Å². The first kappa shape index (κ1) is 44.0. The maximum Gasteiger partial charge on any atom is 0.337 e. The first-order chi connectivity index (χ1) is 27.1. The van der Waals surface area contributed by atoms with Gasteiger partial charge >= 0.3 is 11.9 Å². The smallest absolute Gasteiger partial charge is 0.337 e. The van der Waals surface area contributed by atoms with Crippen LogP contribution in [-0.2, 0) is 38.1 Å². The second-order valence-corrected chi connectivity index (χ2v) is 20.6. The molecule has 2 aliphatic heterocycles. The molecule has 7 N–H and O–H groups in total. The fourth-order valence-electron chi connectivity index (χ4n) is 13.6. The average molecular weight is 823 g/mol. The number of rotatable bonds is 8. The SMILES string of the molecule is COC(=O)[C@H]1O[C@@H](O[C@H]2CC[C@]3(C)[C@H]4CC=C5[C@@H]6CC(C)(C)CC[C@]6(C(=O)O)CC[C@@]5(C)[C@]4(C)CC[C@H]3[C@]2(C)C=O)[C@H](O[C@@H]2O[C@H](CO)[C@H](O)[C@H](O)[C@H]2O)[C@@H](O)[C@@H]1O. The molecule has 0 aromatic carbocycles. The number of methoxy groups -OCH3 is 1. The van der Waals surface area contributed by atoms with Crippen LogP contribution in [0.2, 0.25) is 0 Å². The van der Waals surface area contributed by atoms with Gasteiger partial charge in [-0.05, 0) is 104 Å². The fourth-order valence-corrected chi connectivity index (χ4v) is 13.6. The summed E-state index contributed by atoms with van der Waals surface area (Å²) in [5.74, 6) is -1.69. The van der Waals surface area contributed by atoms with Crippen molar-refractivity contribution in [2.45, 2.75) is 173 Å². The maximum absolute atomic E-state index is 13.6. The summed E-state index contributed by atoms with van der Waals surface area (Å²) in [5.41, 5.74) is -1.22. The summed E-state index contributed by atoms with van der Waals surface area (Å²) in [6.45, 7) is 12.7. The second kappa shape index (κ2) is 15.1. The molecule has 0 bridgehead atoms. The Bertz CT molecular complexity index is 1630. The van der Waals surface area contributed by atoms with Gasteiger partial charge in [-0.3, -0.25) is 4.79 Å². The van der Waals surface area contributed by atoms with E-state index in [1.54, 1.807) is 0 Å². The highest BCUT2D eigenvalue weighted by Crippen LogP contribution is 2.76. The monoisotopic (exact) mass is 822 g/mol. The number of allylic oxidation sites excluding steroid dienone is 2. The number of esters is 1. The molecule has 0 aromatic heterocycles. The van der Waals surface area contributed by atoms with Gasteiger partial charge in [-0.2, -0.15) is 0 Å². The lowest BCUT2D eigenvalue weighted by atomic mass is 9.33. The number of hydrogen-bond acceptors (Lipinski definition) is 14. The van der Waals surface area contributed by atoms with E-state index >= 15 is 0 Å². The molecule has 5 aliphatic carbocycles. The zero-order valence-corrected chi connectivity index (χ0v) is 34.9. The third-order valence-electron chi connectivity index (χ3n) is 17.4. The van der Waals surface area contributed by atoms with Crippen LogP contribution >= 0.6 is 0 Å². The molecule has 2 saturated heterocycles. The van der Waals surface area contributed by atoms with Crippen LogP contribution in [0.4, 0.5) is 0 Å². The molecule has 0 amide bonds. The van der Waals surface area contributed by atoms with E-state index in [1.165, 1.54) is 5.57 Å². The van der Waals surface area contributed by atoms with Crippen LogP contribution in [-0.4, -0.2) is 135 Å². The van der Waals surface area contributed by atoms with Gasteiger partial charge in [0, 0.05) is 0 Å². The Morgan fingerprint density at radius 3 is 2.14 bits per heavy atom. The van der Waals surface area contributed by atoms with E-state index < -0.39 is 96.9 Å². The molecule has 19 atom stereocenters. The summed E-state index contributed by atoms with van der Waals surface area (Å²) >= 11 is 0. The summed E-state index contributed by atoms with van der Waals surface area (Å²) in [6.07, 6.45) is -7.46. The van der Waals surface area contributed by atoms with Crippen molar-refractivity contribution in [3.05, 3.63) is 11.6 Å². The van der Waals surface area contributed by atoms with Gasteiger partial charge in [0.25, 0.3) is 0 Å². The van der Waals surface area contributed by atoms with Gasteiger partial charge in [-0.15, -0.1) is 0 Å². The molecule has 0 unspecified atom stereocenters. The van der Waals surface area contributed by atoms with E-state index in [9.17, 15) is 50.1 Å². The molecular formula is C43H66O15. The van der Waals surface area contributed by atoms with Crippen molar-refractivity contribution < 1.29 is 73.8 Å². The molecule has 7 aliphatic rings. The van der Waals surface area contributed by atoms with Gasteiger partial charge in [0.15, 0.2) is 18.7 Å². The van der Waals surface area contributed by atoms with E-state index in [4.69, 9.17) is 23.7 Å². The minimum Gasteiger partial charge on any atom is -0.481 e. The summed E-state index contributed by atoms with van der Waals surface area (Å²) in [4.78, 5) is 39.4. The first-order valence-corrected chi connectivity index (χ1v) is 21.2. The van der Waals surface area contributed by atoms with Crippen molar-refractivity contribution in [3.8, 4) is 0 Å². The third-order valence-corrected chi connectivity index (χ3v) is 17.4. The van der Waals surface area contributed by atoms with Crippen LogP contribution in [0, 0.1) is 50.2 Å². The number of aldehydes is 1. The molecule has 15 heteroatoms. The quantitative estimate of drug-likeness (QED) is 0.0805. The number of carbonyl (C=O) groups is 3. The van der Waals surface area contributed by atoms with Crippen molar-refractivity contribution in [1.29, 1.82) is 0 Å². The van der Waals surface area contributed by atoms with Crippen molar-refractivity contribution in [2.24, 2.45) is 50.2 Å². The molecule has 4 saturated carbocycles. The number of carboxylic acids is 1. The number of carbonyl (C=O) groups excluding carboxylic acids is 2. The molecule has 0 spiro atoms. The summed E-state index contributed by atoms with van der Waals surface area (Å²) in [7, 11) is 1.09. The van der Waals surface area contributed by atoms with Crippen LogP contribution in [0.3, 0.4) is 0 Å². The Morgan fingerprint density at radius 2 is 1.50 bits per heavy atom. The Hall–Kier alpha value is -2.05. The molecule has 7 rings (SSSR count). The number of aliphatic hydroxyl groups is 6. The summed E-state index contributed by atoms with van der Waals surface area (Å²) < 4.78 is 28.9. The predicted molar refractivity (Wildman–Crippen MR) is 203 cm³/mol. The highest BCUT2D eigenvalue weighted by Gasteiger charge is 2.70. The highest BCUT2D eigenvalue weighted by molar-refractivity contribution is 5.77. The summed E-state index contributed by atoms with van der Waals surface area (Å²) in [6, 6.07) is 0. The highest BCUT2D eigenvalue weighted by atomic mass is 16.8. The predicted octanol–water partition coefficient (Wildman–Crippen LogP) is 2.24. The molecule has 328 valence electrons. The van der Waals surface area contributed by atoms with Crippen LogP contribution in [0.5, 0.6) is 0 Å². The minimum absolute atomic E-state index is 0.0310. The Morgan fingerprint density at radius 1 is 0.810 bits per heavy atom. The molecule has 2 heterocycles. The zero-order chi connectivity index (χ0) is 42.5. The van der Waals surface area contributed by atoms with Crippen LogP contribution in [0.1, 0.15) is 106 Å². The minimum atomic E-state index is -1.88. The van der Waals surface area contributed by atoms with Crippen LogP contribution < -0.4 is 0 Å². The topological polar surface area (TPSA) is 239 Å². The molecular weight excluding hydrogens is 756 g/mol. The Labute approximate surface area is 340 Å². The third kappa shape index (κ3) is 6.38. The van der Waals surface area contributed by atoms with E-state index in [1.807, 2.05) is 6.92 Å². The second-order valence-electron chi connectivity index (χ2n) is 20.6. The molecule has 0 aromatic rings. The van der Waals surface area contributed by atoms with Crippen molar-refractivity contribution >= 4 is 18.2 Å². The van der Waals surface area contributed by atoms with Gasteiger partial charge < -0.3 is 64.2 Å². The molecule has 0 radical (unpaired) electrons. The van der Waals surface area contributed by atoms with Gasteiger partial charge in [0.1, 0.15) is 49.0 Å². The van der Waals surface area contributed by atoms with E-state index in [-0.39, 0.29) is 39.4 Å². The number of ether oxygens (including phenoxy) is 5. The molecule has 58 heavy (non-hydrogen) atoms. The number of fused-ring (bicyclic) bond motifs is 7.